The molecule has 0 rings (SSSR count). The summed E-state index contributed by atoms with van der Waals surface area (Å²) >= 11 is 0. The molecule has 4 N–H and O–H groups in total. The fourth-order valence-corrected chi connectivity index (χ4v) is 0.737. The lowest BCUT2D eigenvalue weighted by molar-refractivity contribution is -0.102. The van der Waals surface area contributed by atoms with Gasteiger partial charge in [-0.15, -0.1) is 0 Å². The van der Waals surface area contributed by atoms with E-state index in [2.05, 4.69) is 4.65 Å². The van der Waals surface area contributed by atoms with Crippen LogP contribution in [-0.4, -0.2) is 59.5 Å². The van der Waals surface area contributed by atoms with Crippen LogP contribution < -0.4 is 0 Å². The van der Waals surface area contributed by atoms with Crippen LogP contribution in [0.15, 0.2) is 0 Å². The molecular formula is C6H13BO5. The Labute approximate surface area is 72.0 Å². The van der Waals surface area contributed by atoms with Gasteiger partial charge in [-0.25, -0.2) is 0 Å². The predicted octanol–water partition coefficient (Wildman–Crippen LogP) is -2.45. The van der Waals surface area contributed by atoms with Gasteiger partial charge in [-0.1, -0.05) is 0 Å². The van der Waals surface area contributed by atoms with Crippen LogP contribution in [0, 0.1) is 0 Å². The molecule has 0 aromatic heterocycles. The van der Waals surface area contributed by atoms with Crippen molar-refractivity contribution in [3.8, 4) is 0 Å². The Kier molecular flexibility index (Phi) is 5.44. The van der Waals surface area contributed by atoms with Gasteiger partial charge >= 0.3 is 0 Å². The third-order valence-electron chi connectivity index (χ3n) is 1.58. The first-order chi connectivity index (χ1) is 5.54. The average Bonchev–Trinajstić information content (AvgIpc) is 2.05. The summed E-state index contributed by atoms with van der Waals surface area (Å²) in [5, 5.41) is 35.7. The molecule has 0 aromatic carbocycles. The lowest BCUT2D eigenvalue weighted by atomic mass is 10.0. The van der Waals surface area contributed by atoms with E-state index in [0.29, 0.717) is 0 Å². The highest BCUT2D eigenvalue weighted by atomic mass is 16.5. The topological polar surface area (TPSA) is 90.2 Å². The van der Waals surface area contributed by atoms with E-state index in [0.717, 1.165) is 0 Å². The van der Waals surface area contributed by atoms with Crippen LogP contribution in [-0.2, 0) is 4.65 Å². The molecule has 2 radical (unpaired) electrons. The van der Waals surface area contributed by atoms with Crippen LogP contribution in [0.5, 0.6) is 0 Å². The normalized spacial score (nSPS) is 21.4. The van der Waals surface area contributed by atoms with Gasteiger partial charge in [0, 0.05) is 0 Å². The fraction of sp³-hybridized carbons (Fsp3) is 1.00. The Hall–Kier alpha value is -0.135. The number of hydrogen-bond donors (Lipinski definition) is 4. The van der Waals surface area contributed by atoms with E-state index in [1.807, 2.05) is 0 Å². The van der Waals surface area contributed by atoms with Crippen LogP contribution in [0.2, 0.25) is 0 Å². The quantitative estimate of drug-likeness (QED) is 0.349. The molecule has 3 unspecified atom stereocenters. The second-order valence-corrected chi connectivity index (χ2v) is 2.58. The lowest BCUT2D eigenvalue weighted by Gasteiger charge is -2.26. The van der Waals surface area contributed by atoms with Gasteiger partial charge in [0.25, 0.3) is 8.05 Å². The van der Waals surface area contributed by atoms with E-state index in [1.54, 1.807) is 0 Å². The monoisotopic (exact) mass is 176 g/mol. The molecule has 0 aliphatic carbocycles. The average molecular weight is 176 g/mol. The van der Waals surface area contributed by atoms with E-state index in [1.165, 1.54) is 6.92 Å². The zero-order chi connectivity index (χ0) is 9.72. The summed E-state index contributed by atoms with van der Waals surface area (Å²) in [7, 11) is 4.71. The third-order valence-corrected chi connectivity index (χ3v) is 1.58. The van der Waals surface area contributed by atoms with Gasteiger partial charge in [-0.2, -0.15) is 0 Å². The maximum absolute atomic E-state index is 9.17. The second kappa shape index (κ2) is 5.50. The Bertz CT molecular complexity index is 115. The molecular weight excluding hydrogens is 163 g/mol. The zero-order valence-corrected chi connectivity index (χ0v) is 6.79. The van der Waals surface area contributed by atoms with Crippen LogP contribution in [0.3, 0.4) is 0 Å². The Balaban J connectivity index is 4.05. The molecule has 0 aliphatic heterocycles. The molecule has 0 saturated carbocycles. The van der Waals surface area contributed by atoms with Gasteiger partial charge in [0.1, 0.15) is 12.2 Å². The Morgan fingerprint density at radius 1 is 1.25 bits per heavy atom. The van der Waals surface area contributed by atoms with E-state index < -0.39 is 31.0 Å². The summed E-state index contributed by atoms with van der Waals surface area (Å²) in [6, 6.07) is 0. The fourth-order valence-electron chi connectivity index (χ4n) is 0.737. The summed E-state index contributed by atoms with van der Waals surface area (Å²) < 4.78 is 4.16. The van der Waals surface area contributed by atoms with Crippen molar-refractivity contribution < 1.29 is 25.1 Å². The first kappa shape index (κ1) is 11.9. The molecule has 6 heteroatoms. The summed E-state index contributed by atoms with van der Waals surface area (Å²) in [6.07, 6.45) is -4.98. The minimum atomic E-state index is -1.40. The van der Waals surface area contributed by atoms with Crippen LogP contribution in [0.1, 0.15) is 6.92 Å². The summed E-state index contributed by atoms with van der Waals surface area (Å²) in [6.45, 7) is 0.778. The van der Waals surface area contributed by atoms with Crippen LogP contribution in [0.4, 0.5) is 0 Å². The van der Waals surface area contributed by atoms with Crippen molar-refractivity contribution >= 4 is 8.05 Å². The summed E-state index contributed by atoms with van der Waals surface area (Å²) in [5.41, 5.74) is 0. The van der Waals surface area contributed by atoms with Crippen molar-refractivity contribution in [3.63, 3.8) is 0 Å². The molecule has 0 aromatic rings. The van der Waals surface area contributed by atoms with Crippen molar-refractivity contribution in [1.29, 1.82) is 0 Å². The molecule has 5 nitrogen and oxygen atoms in total. The molecule has 0 amide bonds. The van der Waals surface area contributed by atoms with E-state index in [9.17, 15) is 5.11 Å². The van der Waals surface area contributed by atoms with Crippen LogP contribution >= 0.6 is 0 Å². The molecule has 70 valence electrons. The lowest BCUT2D eigenvalue weighted by Crippen LogP contribution is -2.45. The minimum absolute atomic E-state index is 0.526. The maximum atomic E-state index is 9.17. The third kappa shape index (κ3) is 3.08. The number of rotatable bonds is 5. The number of hydrogen-bond acceptors (Lipinski definition) is 5. The maximum Gasteiger partial charge on any atom is 0.283 e. The van der Waals surface area contributed by atoms with Crippen molar-refractivity contribution in [2.45, 2.75) is 31.3 Å². The molecule has 0 spiro atoms. The highest BCUT2D eigenvalue weighted by molar-refractivity contribution is 5.98. The number of aliphatic hydroxyl groups is 4. The van der Waals surface area contributed by atoms with Gasteiger partial charge in [0.05, 0.1) is 18.8 Å². The zero-order valence-electron chi connectivity index (χ0n) is 6.79. The van der Waals surface area contributed by atoms with Crippen molar-refractivity contribution in [3.05, 3.63) is 0 Å². The predicted molar refractivity (Wildman–Crippen MR) is 41.4 cm³/mol. The van der Waals surface area contributed by atoms with Gasteiger partial charge in [-0.3, -0.25) is 0 Å². The van der Waals surface area contributed by atoms with Crippen molar-refractivity contribution in [1.82, 2.24) is 0 Å². The minimum Gasteiger partial charge on any atom is -0.440 e. The highest BCUT2D eigenvalue weighted by Crippen LogP contribution is 2.06. The van der Waals surface area contributed by atoms with Gasteiger partial charge in [0.15, 0.2) is 0 Å². The standard InChI is InChI=1S/C6H13BO5/c1-3(9)5(10)6(11)4(2-8)12-7/h3-6,8-11H,2H2,1H3/t3?,4-,5?,6?/m1/s1. The van der Waals surface area contributed by atoms with E-state index in [4.69, 9.17) is 23.4 Å². The first-order valence-electron chi connectivity index (χ1n) is 3.55. The largest absolute Gasteiger partial charge is 0.440 e. The van der Waals surface area contributed by atoms with Gasteiger partial charge in [-0.05, 0) is 6.92 Å². The van der Waals surface area contributed by atoms with Crippen LogP contribution in [0.25, 0.3) is 0 Å². The Morgan fingerprint density at radius 2 is 1.75 bits per heavy atom. The molecule has 12 heavy (non-hydrogen) atoms. The van der Waals surface area contributed by atoms with E-state index >= 15 is 0 Å². The second-order valence-electron chi connectivity index (χ2n) is 2.58. The SMILES string of the molecule is [B]O[C@H](CO)C(O)C(O)C(C)O. The molecule has 4 atom stereocenters. The molecule has 0 fully saturated rings. The molecule has 0 aliphatic rings. The van der Waals surface area contributed by atoms with Gasteiger partial charge in [0.2, 0.25) is 0 Å². The summed E-state index contributed by atoms with van der Waals surface area (Å²) in [5.74, 6) is 0. The van der Waals surface area contributed by atoms with Crippen molar-refractivity contribution in [2.75, 3.05) is 6.61 Å². The number of aliphatic hydroxyl groups excluding tert-OH is 4. The summed E-state index contributed by atoms with van der Waals surface area (Å²) in [4.78, 5) is 0. The van der Waals surface area contributed by atoms with Crippen molar-refractivity contribution in [2.24, 2.45) is 0 Å². The van der Waals surface area contributed by atoms with E-state index in [-0.39, 0.29) is 0 Å². The molecule has 0 saturated heterocycles. The molecule has 0 heterocycles. The smallest absolute Gasteiger partial charge is 0.283 e. The Morgan fingerprint density at radius 3 is 2.00 bits per heavy atom. The molecule has 0 bridgehead atoms. The first-order valence-corrected chi connectivity index (χ1v) is 3.55. The van der Waals surface area contributed by atoms with Gasteiger partial charge < -0.3 is 25.1 Å². The highest BCUT2D eigenvalue weighted by Gasteiger charge is 2.28.